The van der Waals surface area contributed by atoms with Crippen LogP contribution in [0.25, 0.3) is 0 Å². The second kappa shape index (κ2) is 6.26. The van der Waals surface area contributed by atoms with Crippen LogP contribution in [0.4, 0.5) is 4.39 Å². The van der Waals surface area contributed by atoms with Crippen molar-refractivity contribution in [2.24, 2.45) is 5.73 Å². The number of ketones is 1. The molecule has 0 aromatic heterocycles. The van der Waals surface area contributed by atoms with Gasteiger partial charge in [0.25, 0.3) is 0 Å². The summed E-state index contributed by atoms with van der Waals surface area (Å²) in [7, 11) is 0. The van der Waals surface area contributed by atoms with E-state index in [-0.39, 0.29) is 24.9 Å². The molecule has 0 aliphatic rings. The number of hydrogen-bond acceptors (Lipinski definition) is 3. The maximum atomic E-state index is 13.0. The van der Waals surface area contributed by atoms with Crippen molar-refractivity contribution >= 4 is 11.7 Å². The molecule has 0 unspecified atom stereocenters. The Kier molecular flexibility index (Phi) is 4.97. The summed E-state index contributed by atoms with van der Waals surface area (Å²) in [5, 5.41) is 0. The molecule has 1 rings (SSSR count). The summed E-state index contributed by atoms with van der Waals surface area (Å²) in [5.74, 6) is -1.17. The number of halogens is 1. The van der Waals surface area contributed by atoms with E-state index in [4.69, 9.17) is 5.73 Å². The van der Waals surface area contributed by atoms with Gasteiger partial charge in [-0.2, -0.15) is 0 Å². The lowest BCUT2D eigenvalue weighted by molar-refractivity contribution is -0.119. The Morgan fingerprint density at radius 2 is 2.00 bits per heavy atom. The summed E-state index contributed by atoms with van der Waals surface area (Å²) in [6.45, 7) is 3.78. The van der Waals surface area contributed by atoms with Crippen LogP contribution in [-0.2, 0) is 4.79 Å². The molecule has 0 radical (unpaired) electrons. The Morgan fingerprint density at radius 1 is 1.33 bits per heavy atom. The topological polar surface area (TPSA) is 63.4 Å². The lowest BCUT2D eigenvalue weighted by Gasteiger charge is -2.23. The van der Waals surface area contributed by atoms with Gasteiger partial charge < -0.3 is 5.73 Å². The van der Waals surface area contributed by atoms with Crippen LogP contribution in [0, 0.1) is 5.82 Å². The molecule has 18 heavy (non-hydrogen) atoms. The van der Waals surface area contributed by atoms with E-state index in [0.29, 0.717) is 5.56 Å². The second-order valence-corrected chi connectivity index (χ2v) is 4.40. The van der Waals surface area contributed by atoms with Crippen molar-refractivity contribution in [3.63, 3.8) is 0 Å². The van der Waals surface area contributed by atoms with Crippen LogP contribution in [0.3, 0.4) is 0 Å². The average molecular weight is 252 g/mol. The van der Waals surface area contributed by atoms with Crippen molar-refractivity contribution in [1.29, 1.82) is 0 Å². The molecule has 0 bridgehead atoms. The number of nitrogens with two attached hydrogens (primary N) is 1. The molecule has 0 saturated heterocycles. The Balaban J connectivity index is 2.75. The van der Waals surface area contributed by atoms with Crippen LogP contribution in [0.15, 0.2) is 24.3 Å². The minimum Gasteiger partial charge on any atom is -0.369 e. The van der Waals surface area contributed by atoms with Gasteiger partial charge in [0.15, 0.2) is 5.78 Å². The van der Waals surface area contributed by atoms with Gasteiger partial charge >= 0.3 is 0 Å². The number of benzene rings is 1. The summed E-state index contributed by atoms with van der Waals surface area (Å²) >= 11 is 0. The molecule has 0 fully saturated rings. The van der Waals surface area contributed by atoms with Crippen LogP contribution in [0.1, 0.15) is 24.2 Å². The van der Waals surface area contributed by atoms with E-state index in [9.17, 15) is 14.0 Å². The summed E-state index contributed by atoms with van der Waals surface area (Å²) in [5.41, 5.74) is 5.41. The van der Waals surface area contributed by atoms with Gasteiger partial charge in [-0.15, -0.1) is 0 Å². The van der Waals surface area contributed by atoms with Gasteiger partial charge in [0.1, 0.15) is 5.82 Å². The molecule has 0 heterocycles. The van der Waals surface area contributed by atoms with E-state index in [1.165, 1.54) is 18.2 Å². The maximum absolute atomic E-state index is 13.0. The second-order valence-electron chi connectivity index (χ2n) is 4.40. The maximum Gasteiger partial charge on any atom is 0.231 e. The number of carbonyl (C=O) groups is 2. The van der Waals surface area contributed by atoms with E-state index in [1.54, 1.807) is 11.0 Å². The zero-order valence-electron chi connectivity index (χ0n) is 10.5. The van der Waals surface area contributed by atoms with Crippen LogP contribution in [-0.4, -0.2) is 35.7 Å². The van der Waals surface area contributed by atoms with Crippen LogP contribution < -0.4 is 5.73 Å². The zero-order valence-corrected chi connectivity index (χ0v) is 10.5. The highest BCUT2D eigenvalue weighted by atomic mass is 19.1. The van der Waals surface area contributed by atoms with Gasteiger partial charge in [-0.1, -0.05) is 12.1 Å². The molecule has 0 atom stereocenters. The number of nitrogens with zero attached hydrogens (tertiary/aromatic N) is 1. The number of hydrogen-bond donors (Lipinski definition) is 1. The highest BCUT2D eigenvalue weighted by Gasteiger charge is 2.17. The van der Waals surface area contributed by atoms with E-state index < -0.39 is 11.7 Å². The molecular formula is C13H17FN2O2. The van der Waals surface area contributed by atoms with Crippen LogP contribution >= 0.6 is 0 Å². The lowest BCUT2D eigenvalue weighted by Crippen LogP contribution is -2.41. The first-order chi connectivity index (χ1) is 8.40. The third-order valence-corrected chi connectivity index (χ3v) is 2.58. The minimum atomic E-state index is -0.490. The predicted molar refractivity (Wildman–Crippen MR) is 66.6 cm³/mol. The molecule has 1 aromatic rings. The molecule has 2 N–H and O–H groups in total. The SMILES string of the molecule is CC(C)N(CC(N)=O)CC(=O)c1cccc(F)c1. The fourth-order valence-corrected chi connectivity index (χ4v) is 1.56. The zero-order chi connectivity index (χ0) is 13.7. The first-order valence-corrected chi connectivity index (χ1v) is 5.71. The van der Waals surface area contributed by atoms with Crippen LogP contribution in [0.5, 0.6) is 0 Å². The molecular weight excluding hydrogens is 235 g/mol. The summed E-state index contributed by atoms with van der Waals surface area (Å²) < 4.78 is 13.0. The molecule has 0 spiro atoms. The van der Waals surface area contributed by atoms with Crippen molar-refractivity contribution in [3.05, 3.63) is 35.6 Å². The fraction of sp³-hybridized carbons (Fsp3) is 0.385. The van der Waals surface area contributed by atoms with E-state index in [0.717, 1.165) is 0 Å². The number of primary amides is 1. The average Bonchev–Trinajstić information content (AvgIpc) is 2.27. The van der Waals surface area contributed by atoms with Crippen molar-refractivity contribution in [1.82, 2.24) is 4.90 Å². The van der Waals surface area contributed by atoms with Gasteiger partial charge in [-0.05, 0) is 26.0 Å². The smallest absolute Gasteiger partial charge is 0.231 e. The molecule has 98 valence electrons. The molecule has 0 aliphatic heterocycles. The van der Waals surface area contributed by atoms with Gasteiger partial charge in [0.2, 0.25) is 5.91 Å². The highest BCUT2D eigenvalue weighted by Crippen LogP contribution is 2.07. The Bertz CT molecular complexity index is 446. The molecule has 0 saturated carbocycles. The number of rotatable bonds is 6. The van der Waals surface area contributed by atoms with Gasteiger partial charge in [-0.25, -0.2) is 4.39 Å². The minimum absolute atomic E-state index is 0.00927. The van der Waals surface area contributed by atoms with Gasteiger partial charge in [0.05, 0.1) is 13.1 Å². The number of carbonyl (C=O) groups excluding carboxylic acids is 2. The highest BCUT2D eigenvalue weighted by molar-refractivity contribution is 5.97. The fourth-order valence-electron chi connectivity index (χ4n) is 1.56. The summed E-state index contributed by atoms with van der Waals surface area (Å²) in [6, 6.07) is 5.51. The van der Waals surface area contributed by atoms with Gasteiger partial charge in [-0.3, -0.25) is 14.5 Å². The first kappa shape index (κ1) is 14.3. The normalized spacial score (nSPS) is 10.9. The molecule has 5 heteroatoms. The Hall–Kier alpha value is -1.75. The molecule has 4 nitrogen and oxygen atoms in total. The molecule has 0 aliphatic carbocycles. The molecule has 1 amide bonds. The van der Waals surface area contributed by atoms with Crippen LogP contribution in [0.2, 0.25) is 0 Å². The van der Waals surface area contributed by atoms with Crippen molar-refractivity contribution in [2.45, 2.75) is 19.9 Å². The largest absolute Gasteiger partial charge is 0.369 e. The van der Waals surface area contributed by atoms with Gasteiger partial charge in [0, 0.05) is 11.6 Å². The Morgan fingerprint density at radius 3 is 2.50 bits per heavy atom. The lowest BCUT2D eigenvalue weighted by atomic mass is 10.1. The van der Waals surface area contributed by atoms with E-state index >= 15 is 0 Å². The van der Waals surface area contributed by atoms with E-state index in [1.807, 2.05) is 13.8 Å². The third-order valence-electron chi connectivity index (χ3n) is 2.58. The standard InChI is InChI=1S/C13H17FN2O2/c1-9(2)16(8-13(15)18)7-12(17)10-4-3-5-11(14)6-10/h3-6,9H,7-8H2,1-2H3,(H2,15,18). The summed E-state index contributed by atoms with van der Waals surface area (Å²) in [6.07, 6.45) is 0. The number of amides is 1. The van der Waals surface area contributed by atoms with Crippen molar-refractivity contribution in [3.8, 4) is 0 Å². The van der Waals surface area contributed by atoms with Crippen molar-refractivity contribution < 1.29 is 14.0 Å². The molecule has 1 aromatic carbocycles. The van der Waals surface area contributed by atoms with Crippen molar-refractivity contribution in [2.75, 3.05) is 13.1 Å². The number of Topliss-reactive ketones (excluding diaryl/α,β-unsaturated/α-hetero) is 1. The first-order valence-electron chi connectivity index (χ1n) is 5.71. The Labute approximate surface area is 106 Å². The predicted octanol–water partition coefficient (Wildman–Crippen LogP) is 1.20. The third kappa shape index (κ3) is 4.25. The van der Waals surface area contributed by atoms with E-state index in [2.05, 4.69) is 0 Å². The monoisotopic (exact) mass is 252 g/mol. The quantitative estimate of drug-likeness (QED) is 0.774. The summed E-state index contributed by atoms with van der Waals surface area (Å²) in [4.78, 5) is 24.5.